The Kier molecular flexibility index (Phi) is 5.42. The highest BCUT2D eigenvalue weighted by Crippen LogP contribution is 2.61. The molecule has 1 saturated carbocycles. The Morgan fingerprint density at radius 1 is 1.30 bits per heavy atom. The van der Waals surface area contributed by atoms with Crippen LogP contribution in [0.2, 0.25) is 0 Å². The molecule has 1 aromatic rings. The molecular formula is C22H32N2O3. The quantitative estimate of drug-likeness (QED) is 0.863. The van der Waals surface area contributed by atoms with Crippen molar-refractivity contribution in [3.8, 4) is 5.75 Å². The van der Waals surface area contributed by atoms with Crippen molar-refractivity contribution in [2.24, 2.45) is 5.92 Å². The zero-order valence-electron chi connectivity index (χ0n) is 16.6. The molecule has 0 unspecified atom stereocenters. The number of carbonyl (C=O) groups excluding carboxylic acids is 1. The highest BCUT2D eigenvalue weighted by Gasteiger charge is 2.61. The van der Waals surface area contributed by atoms with Crippen molar-refractivity contribution in [1.82, 2.24) is 10.2 Å². The standard InChI is InChI=1S/C22H32N2O3/c1-16(2)17-4-5-20-18(14-17)22(6-12-27-20)15-19(22)21(25)23-7-9-24-8-3-11-26-13-10-24/h4-5,14,16,19H,3,6-13,15H2,1-2H3,(H,23,25)/t19-,22-/m0/s1. The van der Waals surface area contributed by atoms with E-state index in [4.69, 9.17) is 9.47 Å². The van der Waals surface area contributed by atoms with E-state index < -0.39 is 0 Å². The first-order valence-corrected chi connectivity index (χ1v) is 10.5. The SMILES string of the molecule is CC(C)c1ccc2c(c1)[C@]1(CCO2)C[C@H]1C(=O)NCCN1CCCOCC1. The maximum atomic E-state index is 12.8. The minimum Gasteiger partial charge on any atom is -0.493 e. The summed E-state index contributed by atoms with van der Waals surface area (Å²) in [6.07, 6.45) is 2.98. The van der Waals surface area contributed by atoms with Gasteiger partial charge in [-0.1, -0.05) is 26.0 Å². The zero-order chi connectivity index (χ0) is 18.9. The highest BCUT2D eigenvalue weighted by atomic mass is 16.5. The van der Waals surface area contributed by atoms with E-state index in [1.807, 2.05) is 0 Å². The predicted molar refractivity (Wildman–Crippen MR) is 105 cm³/mol. The molecule has 5 heteroatoms. The largest absolute Gasteiger partial charge is 0.493 e. The first-order chi connectivity index (χ1) is 13.1. The van der Waals surface area contributed by atoms with E-state index in [1.54, 1.807) is 0 Å². The topological polar surface area (TPSA) is 50.8 Å². The van der Waals surface area contributed by atoms with E-state index in [0.717, 1.165) is 64.4 Å². The van der Waals surface area contributed by atoms with Gasteiger partial charge in [0.1, 0.15) is 5.75 Å². The van der Waals surface area contributed by atoms with Gasteiger partial charge in [0.15, 0.2) is 0 Å². The van der Waals surface area contributed by atoms with E-state index in [9.17, 15) is 4.79 Å². The second-order valence-corrected chi connectivity index (χ2v) is 8.52. The van der Waals surface area contributed by atoms with Gasteiger partial charge < -0.3 is 14.8 Å². The average molecular weight is 373 g/mol. The summed E-state index contributed by atoms with van der Waals surface area (Å²) in [6.45, 7) is 10.4. The van der Waals surface area contributed by atoms with Gasteiger partial charge in [-0.05, 0) is 36.8 Å². The van der Waals surface area contributed by atoms with Crippen LogP contribution in [-0.2, 0) is 14.9 Å². The van der Waals surface area contributed by atoms with Crippen LogP contribution in [0.1, 0.15) is 50.2 Å². The summed E-state index contributed by atoms with van der Waals surface area (Å²) in [6, 6.07) is 6.54. The molecule has 2 aliphatic heterocycles. The fourth-order valence-electron chi connectivity index (χ4n) is 4.60. The average Bonchev–Trinajstić information content (AvgIpc) is 3.43. The molecule has 2 fully saturated rings. The van der Waals surface area contributed by atoms with Gasteiger partial charge in [-0.2, -0.15) is 0 Å². The van der Waals surface area contributed by atoms with Crippen LogP contribution in [0.4, 0.5) is 0 Å². The summed E-state index contributed by atoms with van der Waals surface area (Å²) in [4.78, 5) is 15.2. The molecule has 1 saturated heterocycles. The molecule has 1 amide bonds. The Hall–Kier alpha value is -1.59. The third-order valence-corrected chi connectivity index (χ3v) is 6.45. The lowest BCUT2D eigenvalue weighted by molar-refractivity contribution is -0.122. The van der Waals surface area contributed by atoms with Crippen LogP contribution in [-0.4, -0.2) is 56.8 Å². The van der Waals surface area contributed by atoms with Gasteiger partial charge >= 0.3 is 0 Å². The third-order valence-electron chi connectivity index (χ3n) is 6.45. The number of hydrogen-bond donors (Lipinski definition) is 1. The second kappa shape index (κ2) is 7.80. The van der Waals surface area contributed by atoms with Crippen molar-refractivity contribution in [3.05, 3.63) is 29.3 Å². The first-order valence-electron chi connectivity index (χ1n) is 10.5. The van der Waals surface area contributed by atoms with Gasteiger partial charge in [0.25, 0.3) is 0 Å². The molecule has 0 aromatic heterocycles. The maximum Gasteiger partial charge on any atom is 0.224 e. The molecule has 0 radical (unpaired) electrons. The number of benzene rings is 1. The molecule has 27 heavy (non-hydrogen) atoms. The lowest BCUT2D eigenvalue weighted by atomic mass is 9.85. The van der Waals surface area contributed by atoms with Crippen LogP contribution >= 0.6 is 0 Å². The number of nitrogens with one attached hydrogen (secondary N) is 1. The van der Waals surface area contributed by atoms with Crippen molar-refractivity contribution >= 4 is 5.91 Å². The fraction of sp³-hybridized carbons (Fsp3) is 0.682. The number of carbonyl (C=O) groups is 1. The summed E-state index contributed by atoms with van der Waals surface area (Å²) in [5.41, 5.74) is 2.58. The molecule has 1 N–H and O–H groups in total. The van der Waals surface area contributed by atoms with Crippen LogP contribution in [0.15, 0.2) is 18.2 Å². The van der Waals surface area contributed by atoms with Crippen molar-refractivity contribution in [3.63, 3.8) is 0 Å². The summed E-state index contributed by atoms with van der Waals surface area (Å²) in [7, 11) is 0. The predicted octanol–water partition coefficient (Wildman–Crippen LogP) is 2.69. The van der Waals surface area contributed by atoms with Crippen LogP contribution in [0, 0.1) is 5.92 Å². The van der Waals surface area contributed by atoms with Crippen LogP contribution in [0.25, 0.3) is 0 Å². The first kappa shape index (κ1) is 18.8. The van der Waals surface area contributed by atoms with Gasteiger partial charge in [-0.15, -0.1) is 0 Å². The molecule has 148 valence electrons. The van der Waals surface area contributed by atoms with Crippen molar-refractivity contribution < 1.29 is 14.3 Å². The van der Waals surface area contributed by atoms with Crippen LogP contribution < -0.4 is 10.1 Å². The second-order valence-electron chi connectivity index (χ2n) is 8.52. The lowest BCUT2D eigenvalue weighted by Crippen LogP contribution is -2.38. The molecule has 4 rings (SSSR count). The zero-order valence-corrected chi connectivity index (χ0v) is 16.6. The molecule has 5 nitrogen and oxygen atoms in total. The van der Waals surface area contributed by atoms with E-state index in [0.29, 0.717) is 12.5 Å². The Labute approximate surface area is 162 Å². The van der Waals surface area contributed by atoms with Gasteiger partial charge in [0, 0.05) is 49.7 Å². The molecular weight excluding hydrogens is 340 g/mol. The minimum atomic E-state index is -0.000981. The van der Waals surface area contributed by atoms with E-state index in [2.05, 4.69) is 42.3 Å². The Bertz CT molecular complexity index is 682. The minimum absolute atomic E-state index is 0.000981. The Morgan fingerprint density at radius 2 is 2.19 bits per heavy atom. The van der Waals surface area contributed by atoms with E-state index >= 15 is 0 Å². The normalized spacial score (nSPS) is 27.7. The summed E-state index contributed by atoms with van der Waals surface area (Å²) in [5, 5.41) is 3.19. The molecule has 1 aliphatic carbocycles. The van der Waals surface area contributed by atoms with Crippen LogP contribution in [0.3, 0.4) is 0 Å². The van der Waals surface area contributed by atoms with Gasteiger partial charge in [0.05, 0.1) is 13.2 Å². The molecule has 3 aliphatic rings. The maximum absolute atomic E-state index is 12.8. The highest BCUT2D eigenvalue weighted by molar-refractivity contribution is 5.85. The summed E-state index contributed by atoms with van der Waals surface area (Å²) in [5.74, 6) is 1.77. The number of hydrogen-bond acceptors (Lipinski definition) is 4. The Balaban J connectivity index is 1.37. The number of amides is 1. The lowest BCUT2D eigenvalue weighted by Gasteiger charge is -2.28. The third kappa shape index (κ3) is 3.85. The number of fused-ring (bicyclic) bond motifs is 2. The molecule has 2 heterocycles. The monoisotopic (exact) mass is 372 g/mol. The van der Waals surface area contributed by atoms with Gasteiger partial charge in [0.2, 0.25) is 5.91 Å². The van der Waals surface area contributed by atoms with Crippen molar-refractivity contribution in [1.29, 1.82) is 0 Å². The van der Waals surface area contributed by atoms with Gasteiger partial charge in [-0.25, -0.2) is 0 Å². The smallest absolute Gasteiger partial charge is 0.224 e. The Morgan fingerprint density at radius 3 is 3.04 bits per heavy atom. The summed E-state index contributed by atoms with van der Waals surface area (Å²) < 4.78 is 11.4. The van der Waals surface area contributed by atoms with Gasteiger partial charge in [-0.3, -0.25) is 9.69 Å². The fourth-order valence-corrected chi connectivity index (χ4v) is 4.60. The molecule has 1 aromatic carbocycles. The summed E-state index contributed by atoms with van der Waals surface area (Å²) >= 11 is 0. The number of rotatable bonds is 5. The number of nitrogens with zero attached hydrogens (tertiary/aromatic N) is 1. The molecule has 0 bridgehead atoms. The van der Waals surface area contributed by atoms with E-state index in [-0.39, 0.29) is 17.2 Å². The molecule has 1 spiro atoms. The van der Waals surface area contributed by atoms with Crippen molar-refractivity contribution in [2.75, 3.05) is 46.0 Å². The van der Waals surface area contributed by atoms with Crippen LogP contribution in [0.5, 0.6) is 5.75 Å². The molecule has 2 atom stereocenters. The van der Waals surface area contributed by atoms with E-state index in [1.165, 1.54) is 11.1 Å². The number of ether oxygens (including phenoxy) is 2. The van der Waals surface area contributed by atoms with Crippen molar-refractivity contribution in [2.45, 2.75) is 44.4 Å².